The largest absolute Gasteiger partial charge is 0.472 e. The highest BCUT2D eigenvalue weighted by Crippen LogP contribution is 2.45. The minimum Gasteiger partial charge on any atom is -0.472 e. The maximum absolute atomic E-state index is 9.53. The molecule has 2 aromatic heterocycles. The predicted octanol–water partition coefficient (Wildman–Crippen LogP) is 2.89. The number of H-pyrrole nitrogens is 1. The first-order valence-electron chi connectivity index (χ1n) is 7.03. The van der Waals surface area contributed by atoms with Gasteiger partial charge in [0, 0.05) is 5.56 Å². The average molecular weight is 304 g/mol. The summed E-state index contributed by atoms with van der Waals surface area (Å²) >= 11 is 0. The second-order valence-electron chi connectivity index (χ2n) is 5.16. The first-order chi connectivity index (χ1) is 11.3. The summed E-state index contributed by atoms with van der Waals surface area (Å²) in [4.78, 5) is 0. The third-order valence-electron chi connectivity index (χ3n) is 3.88. The molecule has 3 N–H and O–H groups in total. The number of aromatic amines is 1. The number of nitriles is 1. The fourth-order valence-electron chi connectivity index (χ4n) is 2.84. The van der Waals surface area contributed by atoms with Crippen molar-refractivity contribution in [2.75, 3.05) is 0 Å². The first-order valence-corrected chi connectivity index (χ1v) is 7.03. The van der Waals surface area contributed by atoms with Gasteiger partial charge in [-0.15, -0.1) is 5.10 Å². The van der Waals surface area contributed by atoms with Gasteiger partial charge in [0.1, 0.15) is 11.6 Å². The summed E-state index contributed by atoms with van der Waals surface area (Å²) in [5.41, 5.74) is 9.60. The molecule has 3 heterocycles. The number of furan rings is 1. The zero-order chi connectivity index (χ0) is 15.8. The number of hydrogen-bond acceptors (Lipinski definition) is 5. The molecule has 6 nitrogen and oxygen atoms in total. The summed E-state index contributed by atoms with van der Waals surface area (Å²) in [5.74, 6) is 0.0697. The molecule has 1 aromatic carbocycles. The fraction of sp³-hybridized carbons (Fsp3) is 0.0588. The molecule has 4 rings (SSSR count). The Labute approximate surface area is 131 Å². The van der Waals surface area contributed by atoms with Crippen LogP contribution in [-0.4, -0.2) is 10.2 Å². The fourth-order valence-corrected chi connectivity index (χ4v) is 2.84. The Hall–Kier alpha value is -3.46. The van der Waals surface area contributed by atoms with Gasteiger partial charge in [-0.1, -0.05) is 30.3 Å². The molecule has 0 saturated heterocycles. The molecule has 3 aromatic rings. The van der Waals surface area contributed by atoms with Crippen LogP contribution in [0.1, 0.15) is 17.0 Å². The molecule has 1 atom stereocenters. The van der Waals surface area contributed by atoms with E-state index in [9.17, 15) is 5.26 Å². The third kappa shape index (κ3) is 1.99. The minimum absolute atomic E-state index is 0.0670. The highest BCUT2D eigenvalue weighted by Gasteiger charge is 2.35. The van der Waals surface area contributed by atoms with Crippen molar-refractivity contribution in [3.63, 3.8) is 0 Å². The van der Waals surface area contributed by atoms with Crippen LogP contribution in [0.25, 0.3) is 11.3 Å². The summed E-state index contributed by atoms with van der Waals surface area (Å²) in [6.45, 7) is 0. The molecule has 0 bridgehead atoms. The number of allylic oxidation sites excluding steroid dienone is 1. The molecule has 0 fully saturated rings. The monoisotopic (exact) mass is 304 g/mol. The van der Waals surface area contributed by atoms with Crippen molar-refractivity contribution in [3.8, 4) is 23.2 Å². The van der Waals surface area contributed by atoms with Gasteiger partial charge in [-0.05, 0) is 11.6 Å². The van der Waals surface area contributed by atoms with Gasteiger partial charge in [0.15, 0.2) is 0 Å². The van der Waals surface area contributed by atoms with Gasteiger partial charge < -0.3 is 14.9 Å². The maximum atomic E-state index is 9.53. The van der Waals surface area contributed by atoms with E-state index in [-0.39, 0.29) is 11.8 Å². The molecule has 112 valence electrons. The van der Waals surface area contributed by atoms with Crippen molar-refractivity contribution in [1.82, 2.24) is 10.2 Å². The van der Waals surface area contributed by atoms with E-state index < -0.39 is 0 Å². The van der Waals surface area contributed by atoms with Gasteiger partial charge >= 0.3 is 0 Å². The molecular formula is C17H12N4O2. The van der Waals surface area contributed by atoms with Gasteiger partial charge in [-0.25, -0.2) is 0 Å². The topological polar surface area (TPSA) is 101 Å². The number of ether oxygens (including phenoxy) is 1. The van der Waals surface area contributed by atoms with Gasteiger partial charge in [0.2, 0.25) is 11.8 Å². The number of benzene rings is 1. The lowest BCUT2D eigenvalue weighted by Crippen LogP contribution is -2.20. The minimum atomic E-state index is -0.378. The molecule has 0 radical (unpaired) electrons. The van der Waals surface area contributed by atoms with Gasteiger partial charge in [0.05, 0.1) is 29.7 Å². The second kappa shape index (κ2) is 5.07. The number of rotatable bonds is 2. The van der Waals surface area contributed by atoms with E-state index in [1.807, 2.05) is 36.4 Å². The Bertz CT molecular complexity index is 917. The number of aromatic nitrogens is 2. The Morgan fingerprint density at radius 3 is 2.74 bits per heavy atom. The smallest absolute Gasteiger partial charge is 0.244 e. The number of fused-ring (bicyclic) bond motifs is 1. The molecule has 0 unspecified atom stereocenters. The summed E-state index contributed by atoms with van der Waals surface area (Å²) in [6, 6.07) is 13.7. The number of nitrogens with zero attached hydrogens (tertiary/aromatic N) is 2. The summed E-state index contributed by atoms with van der Waals surface area (Å²) < 4.78 is 10.7. The maximum Gasteiger partial charge on any atom is 0.244 e. The Morgan fingerprint density at radius 1 is 1.22 bits per heavy atom. The first kappa shape index (κ1) is 13.2. The quantitative estimate of drug-likeness (QED) is 0.758. The molecular weight excluding hydrogens is 292 g/mol. The number of nitrogens with two attached hydrogens (primary N) is 1. The van der Waals surface area contributed by atoms with E-state index in [1.165, 1.54) is 0 Å². The van der Waals surface area contributed by atoms with E-state index in [0.29, 0.717) is 11.5 Å². The van der Waals surface area contributed by atoms with Gasteiger partial charge in [0.25, 0.3) is 0 Å². The molecule has 0 amide bonds. The van der Waals surface area contributed by atoms with Crippen molar-refractivity contribution in [3.05, 3.63) is 71.5 Å². The van der Waals surface area contributed by atoms with E-state index >= 15 is 0 Å². The van der Waals surface area contributed by atoms with Crippen molar-refractivity contribution >= 4 is 0 Å². The van der Waals surface area contributed by atoms with Crippen molar-refractivity contribution in [2.24, 2.45) is 5.73 Å². The lowest BCUT2D eigenvalue weighted by Gasteiger charge is -2.22. The van der Waals surface area contributed by atoms with E-state index in [4.69, 9.17) is 14.9 Å². The van der Waals surface area contributed by atoms with Crippen LogP contribution in [0.15, 0.2) is 64.8 Å². The average Bonchev–Trinajstić information content (AvgIpc) is 3.24. The Kier molecular flexibility index (Phi) is 2.91. The Balaban J connectivity index is 1.96. The predicted molar refractivity (Wildman–Crippen MR) is 82.0 cm³/mol. The molecule has 0 saturated carbocycles. The van der Waals surface area contributed by atoms with Crippen LogP contribution in [0.3, 0.4) is 0 Å². The van der Waals surface area contributed by atoms with Crippen LogP contribution in [0.4, 0.5) is 0 Å². The zero-order valence-electron chi connectivity index (χ0n) is 12.0. The molecule has 1 aliphatic heterocycles. The van der Waals surface area contributed by atoms with Crippen molar-refractivity contribution in [2.45, 2.75) is 5.92 Å². The van der Waals surface area contributed by atoms with Gasteiger partial charge in [-0.2, -0.15) is 5.26 Å². The number of nitrogens with one attached hydrogen (secondary N) is 1. The standard InChI is InChI=1S/C17H12N4O2/c18-8-12-13(11-6-7-22-9-11)14-15(10-4-2-1-3-5-10)20-21-17(14)23-16(12)19/h1-7,9,13H,19H2,(H,20,21)/t13-/m0/s1. The SMILES string of the molecule is N#CC1=C(N)Oc2n[nH]c(-c3ccccc3)c2[C@H]1c1ccoc1. The second-order valence-corrected chi connectivity index (χ2v) is 5.16. The van der Waals surface area contributed by atoms with Crippen molar-refractivity contribution < 1.29 is 9.15 Å². The van der Waals surface area contributed by atoms with Crippen LogP contribution in [0, 0.1) is 11.3 Å². The van der Waals surface area contributed by atoms with E-state index in [1.54, 1.807) is 12.5 Å². The van der Waals surface area contributed by atoms with Crippen LogP contribution in [0.5, 0.6) is 5.88 Å². The molecule has 0 spiro atoms. The molecule has 1 aliphatic rings. The highest BCUT2D eigenvalue weighted by atomic mass is 16.5. The summed E-state index contributed by atoms with van der Waals surface area (Å²) in [6.07, 6.45) is 3.17. The van der Waals surface area contributed by atoms with Crippen LogP contribution in [0.2, 0.25) is 0 Å². The lowest BCUT2D eigenvalue weighted by atomic mass is 9.84. The lowest BCUT2D eigenvalue weighted by molar-refractivity contribution is 0.378. The molecule has 6 heteroatoms. The van der Waals surface area contributed by atoms with E-state index in [2.05, 4.69) is 16.3 Å². The van der Waals surface area contributed by atoms with Crippen LogP contribution in [-0.2, 0) is 0 Å². The normalized spacial score (nSPS) is 16.6. The molecule has 23 heavy (non-hydrogen) atoms. The van der Waals surface area contributed by atoms with Crippen LogP contribution < -0.4 is 10.5 Å². The Morgan fingerprint density at radius 2 is 2.04 bits per heavy atom. The zero-order valence-corrected chi connectivity index (χ0v) is 12.0. The highest BCUT2D eigenvalue weighted by molar-refractivity contribution is 5.70. The molecule has 0 aliphatic carbocycles. The van der Waals surface area contributed by atoms with Crippen molar-refractivity contribution in [1.29, 1.82) is 5.26 Å². The van der Waals surface area contributed by atoms with Crippen LogP contribution >= 0.6 is 0 Å². The summed E-state index contributed by atoms with van der Waals surface area (Å²) in [7, 11) is 0. The van der Waals surface area contributed by atoms with Gasteiger partial charge in [-0.3, -0.25) is 5.10 Å². The number of hydrogen-bond donors (Lipinski definition) is 2. The third-order valence-corrected chi connectivity index (χ3v) is 3.88. The van der Waals surface area contributed by atoms with E-state index in [0.717, 1.165) is 22.4 Å². The summed E-state index contributed by atoms with van der Waals surface area (Å²) in [5, 5.41) is 16.7.